The molecule has 1 N–H and O–H groups in total. The van der Waals surface area contributed by atoms with E-state index in [-0.39, 0.29) is 0 Å². The van der Waals surface area contributed by atoms with Gasteiger partial charge in [0, 0.05) is 54.2 Å². The van der Waals surface area contributed by atoms with E-state index in [4.69, 9.17) is 11.6 Å². The summed E-state index contributed by atoms with van der Waals surface area (Å²) in [5.74, 6) is -0.391. The van der Waals surface area contributed by atoms with E-state index < -0.39 is 34.0 Å². The lowest BCUT2D eigenvalue weighted by Gasteiger charge is -2.26. The number of rotatable bonds is 6. The highest BCUT2D eigenvalue weighted by Crippen LogP contribution is 2.30. The molecule has 1 aliphatic heterocycles. The molecule has 0 radical (unpaired) electrons. The fourth-order valence-electron chi connectivity index (χ4n) is 4.10. The Balaban J connectivity index is 1.61. The molecule has 12 heteroatoms. The van der Waals surface area contributed by atoms with Crippen LogP contribution in [0.4, 0.5) is 24.5 Å². The maximum Gasteiger partial charge on any atom is 0.511 e. The van der Waals surface area contributed by atoms with Crippen molar-refractivity contribution in [3.05, 3.63) is 65.3 Å². The molecule has 1 saturated heterocycles. The van der Waals surface area contributed by atoms with Crippen molar-refractivity contribution in [2.45, 2.75) is 24.4 Å². The van der Waals surface area contributed by atoms with Gasteiger partial charge in [0.25, 0.3) is 5.91 Å². The standard InChI is InChI=1S/C23H22ClF3N4O3S/c1-30(16-6-4-15(24)5-7-16)17-8-9-21-20(13-17)19(10-11-28-21)22(32)31-12-2-3-18(31)14-29-35(33,34)23(25,26)27/h4-11,13,18,29H,2-3,12,14H2,1H3/t18-/m0/s1. The van der Waals surface area contributed by atoms with Crippen molar-refractivity contribution >= 4 is 49.8 Å². The molecule has 1 atom stereocenters. The summed E-state index contributed by atoms with van der Waals surface area (Å²) < 4.78 is 62.5. The first kappa shape index (κ1) is 25.2. The number of amides is 1. The number of hydrogen-bond donors (Lipinski definition) is 1. The van der Waals surface area contributed by atoms with Gasteiger partial charge < -0.3 is 9.80 Å². The molecule has 1 fully saturated rings. The average Bonchev–Trinajstić information content (AvgIpc) is 3.30. The molecule has 7 nitrogen and oxygen atoms in total. The number of fused-ring (bicyclic) bond motifs is 1. The Morgan fingerprint density at radius 2 is 1.86 bits per heavy atom. The Morgan fingerprint density at radius 3 is 2.54 bits per heavy atom. The number of pyridine rings is 1. The van der Waals surface area contributed by atoms with Gasteiger partial charge in [-0.15, -0.1) is 0 Å². The van der Waals surface area contributed by atoms with E-state index in [0.29, 0.717) is 40.9 Å². The molecule has 4 rings (SSSR count). The normalized spacial score (nSPS) is 16.6. The second-order valence-corrected chi connectivity index (χ2v) is 10.4. The van der Waals surface area contributed by atoms with Gasteiger partial charge in [0.2, 0.25) is 0 Å². The van der Waals surface area contributed by atoms with Crippen LogP contribution in [-0.2, 0) is 10.0 Å². The molecule has 1 amide bonds. The topological polar surface area (TPSA) is 82.6 Å². The molecule has 35 heavy (non-hydrogen) atoms. The van der Waals surface area contributed by atoms with Gasteiger partial charge in [0.1, 0.15) is 0 Å². The monoisotopic (exact) mass is 526 g/mol. The quantitative estimate of drug-likeness (QED) is 0.503. The predicted octanol–water partition coefficient (Wildman–Crippen LogP) is 4.70. The van der Waals surface area contributed by atoms with Crippen molar-refractivity contribution in [3.63, 3.8) is 0 Å². The second kappa shape index (κ2) is 9.63. The highest BCUT2D eigenvalue weighted by Gasteiger charge is 2.46. The molecular formula is C23H22ClF3N4O3S. The Morgan fingerprint density at radius 1 is 1.17 bits per heavy atom. The van der Waals surface area contributed by atoms with Crippen molar-refractivity contribution in [2.24, 2.45) is 0 Å². The highest BCUT2D eigenvalue weighted by atomic mass is 35.5. The number of hydrogen-bond acceptors (Lipinski definition) is 5. The first-order valence-corrected chi connectivity index (χ1v) is 12.6. The van der Waals surface area contributed by atoms with E-state index in [2.05, 4.69) is 4.98 Å². The van der Waals surface area contributed by atoms with E-state index in [1.807, 2.05) is 36.2 Å². The number of anilines is 2. The van der Waals surface area contributed by atoms with Crippen LogP contribution in [0.2, 0.25) is 5.02 Å². The smallest absolute Gasteiger partial charge is 0.345 e. The number of likely N-dealkylation sites (tertiary alicyclic amines) is 1. The number of halogens is 4. The second-order valence-electron chi connectivity index (χ2n) is 8.19. The van der Waals surface area contributed by atoms with Crippen LogP contribution in [0, 0.1) is 0 Å². The molecule has 1 aromatic heterocycles. The van der Waals surface area contributed by atoms with Gasteiger partial charge in [-0.2, -0.15) is 13.2 Å². The predicted molar refractivity (Wildman–Crippen MR) is 128 cm³/mol. The molecular weight excluding hydrogens is 505 g/mol. The number of sulfonamides is 1. The van der Waals surface area contributed by atoms with Gasteiger partial charge in [0.05, 0.1) is 11.1 Å². The lowest BCUT2D eigenvalue weighted by Crippen LogP contribution is -2.46. The Labute approximate surface area is 205 Å². The van der Waals surface area contributed by atoms with Crippen LogP contribution in [0.25, 0.3) is 10.9 Å². The molecule has 1 aliphatic rings. The summed E-state index contributed by atoms with van der Waals surface area (Å²) in [6.07, 6.45) is 2.44. The summed E-state index contributed by atoms with van der Waals surface area (Å²) in [5, 5.41) is 1.19. The largest absolute Gasteiger partial charge is 0.511 e. The summed E-state index contributed by atoms with van der Waals surface area (Å²) in [7, 11) is -3.62. The van der Waals surface area contributed by atoms with Crippen molar-refractivity contribution < 1.29 is 26.4 Å². The van der Waals surface area contributed by atoms with Gasteiger partial charge in [-0.25, -0.2) is 13.1 Å². The molecule has 2 aromatic carbocycles. The highest BCUT2D eigenvalue weighted by molar-refractivity contribution is 7.90. The first-order valence-electron chi connectivity index (χ1n) is 10.7. The van der Waals surface area contributed by atoms with E-state index in [1.165, 1.54) is 11.1 Å². The van der Waals surface area contributed by atoms with E-state index >= 15 is 0 Å². The number of nitrogens with one attached hydrogen (secondary N) is 1. The number of aromatic nitrogens is 1. The number of alkyl halides is 3. The zero-order valence-electron chi connectivity index (χ0n) is 18.6. The maximum absolute atomic E-state index is 13.5. The third-order valence-electron chi connectivity index (χ3n) is 6.01. The first-order chi connectivity index (χ1) is 16.5. The maximum atomic E-state index is 13.5. The molecule has 0 saturated carbocycles. The third kappa shape index (κ3) is 5.21. The summed E-state index contributed by atoms with van der Waals surface area (Å²) >= 11 is 5.98. The number of carbonyl (C=O) groups is 1. The molecule has 0 bridgehead atoms. The van der Waals surface area contributed by atoms with Crippen LogP contribution in [0.5, 0.6) is 0 Å². The van der Waals surface area contributed by atoms with Crippen molar-refractivity contribution in [1.29, 1.82) is 0 Å². The van der Waals surface area contributed by atoms with Crippen molar-refractivity contribution in [1.82, 2.24) is 14.6 Å². The van der Waals surface area contributed by atoms with Gasteiger partial charge in [0.15, 0.2) is 0 Å². The summed E-state index contributed by atoms with van der Waals surface area (Å²) in [5.41, 5.74) is -2.82. The molecule has 0 aliphatic carbocycles. The minimum absolute atomic E-state index is 0.311. The fraction of sp³-hybridized carbons (Fsp3) is 0.304. The van der Waals surface area contributed by atoms with Crippen LogP contribution < -0.4 is 9.62 Å². The number of carbonyl (C=O) groups excluding carboxylic acids is 1. The average molecular weight is 527 g/mol. The van der Waals surface area contributed by atoms with E-state index in [0.717, 1.165) is 11.4 Å². The Kier molecular flexibility index (Phi) is 6.94. The Bertz CT molecular complexity index is 1350. The molecule has 3 aromatic rings. The van der Waals surface area contributed by atoms with Crippen LogP contribution in [0.15, 0.2) is 54.7 Å². The summed E-state index contributed by atoms with van der Waals surface area (Å²) in [6, 6.07) is 13.6. The lowest BCUT2D eigenvalue weighted by atomic mass is 10.1. The zero-order chi connectivity index (χ0) is 25.4. The molecule has 2 heterocycles. The fourth-order valence-corrected chi connectivity index (χ4v) is 4.80. The van der Waals surface area contributed by atoms with Crippen LogP contribution in [0.1, 0.15) is 23.2 Å². The van der Waals surface area contributed by atoms with Gasteiger partial charge >= 0.3 is 15.5 Å². The third-order valence-corrected chi connectivity index (χ3v) is 7.42. The molecule has 186 valence electrons. The van der Waals surface area contributed by atoms with Crippen LogP contribution in [-0.4, -0.2) is 55.9 Å². The van der Waals surface area contributed by atoms with Crippen LogP contribution >= 0.6 is 11.6 Å². The van der Waals surface area contributed by atoms with E-state index in [1.54, 1.807) is 29.0 Å². The SMILES string of the molecule is CN(c1ccc(Cl)cc1)c1ccc2nccc(C(=O)N3CCC[C@H]3CNS(=O)(=O)C(F)(F)F)c2c1. The summed E-state index contributed by atoms with van der Waals surface area (Å²) in [6.45, 7) is -0.202. The Hall–Kier alpha value is -2.89. The van der Waals surface area contributed by atoms with Gasteiger partial charge in [-0.1, -0.05) is 11.6 Å². The molecule has 0 unspecified atom stereocenters. The number of benzene rings is 2. The lowest BCUT2D eigenvalue weighted by molar-refractivity contribution is -0.0448. The van der Waals surface area contributed by atoms with Gasteiger partial charge in [-0.3, -0.25) is 9.78 Å². The van der Waals surface area contributed by atoms with Crippen LogP contribution in [0.3, 0.4) is 0 Å². The minimum atomic E-state index is -5.49. The van der Waals surface area contributed by atoms with Crippen molar-refractivity contribution in [3.8, 4) is 0 Å². The minimum Gasteiger partial charge on any atom is -0.345 e. The molecule has 0 spiro atoms. The van der Waals surface area contributed by atoms with E-state index in [9.17, 15) is 26.4 Å². The zero-order valence-corrected chi connectivity index (χ0v) is 20.2. The summed E-state index contributed by atoms with van der Waals surface area (Å²) in [4.78, 5) is 21.1. The van der Waals surface area contributed by atoms with Gasteiger partial charge in [-0.05, 0) is 61.4 Å². The van der Waals surface area contributed by atoms with Crippen molar-refractivity contribution in [2.75, 3.05) is 25.0 Å². The number of nitrogens with zero attached hydrogens (tertiary/aromatic N) is 3.